The van der Waals surface area contributed by atoms with Gasteiger partial charge < -0.3 is 15.1 Å². The van der Waals surface area contributed by atoms with E-state index in [9.17, 15) is 9.59 Å². The summed E-state index contributed by atoms with van der Waals surface area (Å²) >= 11 is 1.60. The number of ketones is 1. The quantitative estimate of drug-likeness (QED) is 0.377. The van der Waals surface area contributed by atoms with Gasteiger partial charge in [-0.2, -0.15) is 0 Å². The molecule has 5 nitrogen and oxygen atoms in total. The van der Waals surface area contributed by atoms with Gasteiger partial charge in [0.15, 0.2) is 5.78 Å². The van der Waals surface area contributed by atoms with E-state index in [2.05, 4.69) is 31.4 Å². The van der Waals surface area contributed by atoms with Crippen molar-refractivity contribution in [3.8, 4) is 0 Å². The molecule has 1 fully saturated rings. The average molecular weight is 451 g/mol. The van der Waals surface area contributed by atoms with Crippen molar-refractivity contribution in [2.45, 2.75) is 96.4 Å². The Morgan fingerprint density at radius 1 is 1.23 bits per heavy atom. The fourth-order valence-electron chi connectivity index (χ4n) is 4.26. The number of hydrogen-bond acceptors (Lipinski definition) is 5. The predicted octanol–water partition coefficient (Wildman–Crippen LogP) is 5.34. The molecule has 1 aromatic rings. The van der Waals surface area contributed by atoms with E-state index < -0.39 is 0 Å². The van der Waals surface area contributed by atoms with Crippen LogP contribution in [0.3, 0.4) is 0 Å². The second-order valence-electron chi connectivity index (χ2n) is 9.31. The van der Waals surface area contributed by atoms with Crippen molar-refractivity contribution >= 4 is 23.5 Å². The second kappa shape index (κ2) is 14.7. The molecule has 2 N–H and O–H groups in total. The van der Waals surface area contributed by atoms with Crippen LogP contribution >= 0.6 is 11.8 Å². The van der Waals surface area contributed by atoms with E-state index in [1.54, 1.807) is 18.0 Å². The lowest BCUT2D eigenvalue weighted by molar-refractivity contribution is -0.126. The number of hydrogen-bond donors (Lipinski definition) is 2. The number of Topliss-reactive ketones (excluding diaryl/α,β-unsaturated/α-hetero) is 1. The van der Waals surface area contributed by atoms with E-state index in [1.165, 1.54) is 6.42 Å². The minimum absolute atomic E-state index is 0.0714. The average Bonchev–Trinajstić information content (AvgIpc) is 3.27. The lowest BCUT2D eigenvalue weighted by Gasteiger charge is -2.28. The van der Waals surface area contributed by atoms with E-state index in [-0.39, 0.29) is 29.7 Å². The molecule has 1 amide bonds. The Morgan fingerprint density at radius 3 is 2.65 bits per heavy atom. The number of thioether (sulfide) groups is 1. The number of furan rings is 1. The first-order valence-electron chi connectivity index (χ1n) is 12.2. The van der Waals surface area contributed by atoms with E-state index in [0.29, 0.717) is 24.0 Å². The fraction of sp³-hybridized carbons (Fsp3) is 0.760. The molecule has 0 spiro atoms. The van der Waals surface area contributed by atoms with Gasteiger partial charge in [-0.25, -0.2) is 0 Å². The normalized spacial score (nSPS) is 16.9. The fourth-order valence-corrected chi connectivity index (χ4v) is 5.13. The molecule has 0 radical (unpaired) electrons. The summed E-state index contributed by atoms with van der Waals surface area (Å²) in [5.74, 6) is 3.20. The summed E-state index contributed by atoms with van der Waals surface area (Å²) in [5.41, 5.74) is 0. The van der Waals surface area contributed by atoms with Crippen LogP contribution in [0.15, 0.2) is 22.8 Å². The molecule has 0 bridgehead atoms. The molecule has 0 saturated heterocycles. The van der Waals surface area contributed by atoms with Crippen molar-refractivity contribution in [1.82, 2.24) is 10.6 Å². The molecule has 1 aliphatic rings. The maximum atomic E-state index is 12.9. The zero-order chi connectivity index (χ0) is 22.5. The third-order valence-electron chi connectivity index (χ3n) is 5.99. The van der Waals surface area contributed by atoms with Crippen molar-refractivity contribution < 1.29 is 14.0 Å². The van der Waals surface area contributed by atoms with Crippen LogP contribution in [-0.2, 0) is 15.3 Å². The smallest absolute Gasteiger partial charge is 0.223 e. The van der Waals surface area contributed by atoms with Gasteiger partial charge in [-0.05, 0) is 43.7 Å². The zero-order valence-corrected chi connectivity index (χ0v) is 20.5. The van der Waals surface area contributed by atoms with E-state index >= 15 is 0 Å². The molecular formula is C25H42N2O3S. The molecule has 176 valence electrons. The van der Waals surface area contributed by atoms with Gasteiger partial charge in [0.05, 0.1) is 23.8 Å². The summed E-state index contributed by atoms with van der Waals surface area (Å²) < 4.78 is 5.36. The Bertz CT molecular complexity index is 627. The number of carbonyl (C=O) groups excluding carboxylic acids is 2. The van der Waals surface area contributed by atoms with Crippen molar-refractivity contribution in [3.05, 3.63) is 24.2 Å². The van der Waals surface area contributed by atoms with Gasteiger partial charge in [-0.3, -0.25) is 9.59 Å². The minimum Gasteiger partial charge on any atom is -0.468 e. The maximum absolute atomic E-state index is 12.9. The highest BCUT2D eigenvalue weighted by molar-refractivity contribution is 7.99. The lowest BCUT2D eigenvalue weighted by Crippen LogP contribution is -2.49. The Kier molecular flexibility index (Phi) is 12.3. The van der Waals surface area contributed by atoms with Gasteiger partial charge in [-0.1, -0.05) is 52.9 Å². The van der Waals surface area contributed by atoms with Crippen molar-refractivity contribution in [1.29, 1.82) is 0 Å². The van der Waals surface area contributed by atoms with Crippen molar-refractivity contribution in [3.63, 3.8) is 0 Å². The summed E-state index contributed by atoms with van der Waals surface area (Å²) in [7, 11) is 0. The van der Waals surface area contributed by atoms with Crippen LogP contribution in [0.2, 0.25) is 0 Å². The molecule has 0 aliphatic heterocycles. The molecule has 6 heteroatoms. The van der Waals surface area contributed by atoms with Crippen LogP contribution in [-0.4, -0.2) is 36.1 Å². The molecule has 0 aromatic carbocycles. The van der Waals surface area contributed by atoms with Gasteiger partial charge >= 0.3 is 0 Å². The number of nitrogens with one attached hydrogen (secondary N) is 2. The summed E-state index contributed by atoms with van der Waals surface area (Å²) in [6.07, 6.45) is 11.1. The largest absolute Gasteiger partial charge is 0.468 e. The first kappa shape index (κ1) is 26.0. The number of amides is 1. The Hall–Kier alpha value is -1.27. The molecule has 31 heavy (non-hydrogen) atoms. The van der Waals surface area contributed by atoms with Crippen molar-refractivity contribution in [2.75, 3.05) is 12.3 Å². The molecule has 1 heterocycles. The molecule has 1 saturated carbocycles. The van der Waals surface area contributed by atoms with Crippen LogP contribution in [0.1, 0.15) is 84.3 Å². The van der Waals surface area contributed by atoms with Gasteiger partial charge in [0.25, 0.3) is 0 Å². The third kappa shape index (κ3) is 10.3. The van der Waals surface area contributed by atoms with Crippen LogP contribution < -0.4 is 10.6 Å². The topological polar surface area (TPSA) is 71.3 Å². The molecular weight excluding hydrogens is 408 g/mol. The highest BCUT2D eigenvalue weighted by Gasteiger charge is 2.25. The Labute approximate surface area is 192 Å². The maximum Gasteiger partial charge on any atom is 0.223 e. The van der Waals surface area contributed by atoms with Gasteiger partial charge in [-0.15, -0.1) is 11.8 Å². The summed E-state index contributed by atoms with van der Waals surface area (Å²) in [5, 5.41) is 6.81. The zero-order valence-electron chi connectivity index (χ0n) is 19.7. The summed E-state index contributed by atoms with van der Waals surface area (Å²) in [4.78, 5) is 25.7. The summed E-state index contributed by atoms with van der Waals surface area (Å²) in [6, 6.07) is 3.74. The highest BCUT2D eigenvalue weighted by Crippen LogP contribution is 2.24. The van der Waals surface area contributed by atoms with Crippen LogP contribution in [0.4, 0.5) is 0 Å². The van der Waals surface area contributed by atoms with Crippen LogP contribution in [0, 0.1) is 11.8 Å². The molecule has 2 rings (SSSR count). The van der Waals surface area contributed by atoms with Crippen molar-refractivity contribution in [2.24, 2.45) is 11.8 Å². The van der Waals surface area contributed by atoms with E-state index in [1.807, 2.05) is 12.1 Å². The SMILES string of the molecule is CCCCC(NCC(CC(C)C)NC(=O)C1CCCCC1)C(=O)CSCc1ccco1. The Balaban J connectivity index is 1.86. The molecule has 1 aromatic heterocycles. The monoisotopic (exact) mass is 450 g/mol. The first-order chi connectivity index (χ1) is 15.0. The van der Waals surface area contributed by atoms with Crippen LogP contribution in [0.5, 0.6) is 0 Å². The highest BCUT2D eigenvalue weighted by atomic mass is 32.2. The molecule has 1 aliphatic carbocycles. The van der Waals surface area contributed by atoms with Gasteiger partial charge in [0.2, 0.25) is 5.91 Å². The lowest BCUT2D eigenvalue weighted by atomic mass is 9.88. The minimum atomic E-state index is -0.148. The van der Waals surface area contributed by atoms with E-state index in [0.717, 1.165) is 57.1 Å². The second-order valence-corrected chi connectivity index (χ2v) is 10.3. The molecule has 2 atom stereocenters. The summed E-state index contributed by atoms with van der Waals surface area (Å²) in [6.45, 7) is 7.17. The number of unbranched alkanes of at least 4 members (excludes halogenated alkanes) is 1. The molecule has 2 unspecified atom stereocenters. The van der Waals surface area contributed by atoms with E-state index in [4.69, 9.17) is 4.42 Å². The first-order valence-corrected chi connectivity index (χ1v) is 13.3. The number of carbonyl (C=O) groups is 2. The number of rotatable bonds is 15. The standard InChI is InChI=1S/C25H42N2O3S/c1-4-5-13-23(24(28)18-31-17-22-12-9-14-30-22)26-16-21(15-19(2)3)27-25(29)20-10-7-6-8-11-20/h9,12,14,19-21,23,26H,4-8,10-11,13,15-18H2,1-3H3,(H,27,29). The van der Waals surface area contributed by atoms with Gasteiger partial charge in [0.1, 0.15) is 5.76 Å². The predicted molar refractivity (Wildman–Crippen MR) is 129 cm³/mol. The van der Waals surface area contributed by atoms with Crippen LogP contribution in [0.25, 0.3) is 0 Å². The third-order valence-corrected chi connectivity index (χ3v) is 6.97. The Morgan fingerprint density at radius 2 is 2.00 bits per heavy atom. The van der Waals surface area contributed by atoms with Gasteiger partial charge in [0, 0.05) is 18.5 Å².